The van der Waals surface area contributed by atoms with Crippen molar-refractivity contribution in [3.8, 4) is 0 Å². The Hall–Kier alpha value is -4.53. The number of aromatic nitrogens is 3. The molecule has 4 rings (SSSR count). The van der Waals surface area contributed by atoms with Crippen LogP contribution in [0.2, 0.25) is 0 Å². The lowest BCUT2D eigenvalue weighted by Gasteiger charge is -2.26. The maximum absolute atomic E-state index is 13.2. The van der Waals surface area contributed by atoms with Crippen LogP contribution in [-0.4, -0.2) is 37.9 Å². The summed E-state index contributed by atoms with van der Waals surface area (Å²) in [5.74, 6) is -0.556. The van der Waals surface area contributed by atoms with Crippen molar-refractivity contribution in [3.05, 3.63) is 104 Å². The summed E-state index contributed by atoms with van der Waals surface area (Å²) >= 11 is 0. The molecule has 178 valence electrons. The average molecular weight is 472 g/mol. The van der Waals surface area contributed by atoms with Gasteiger partial charge in [-0.05, 0) is 42.8 Å². The zero-order chi connectivity index (χ0) is 25.3. The summed E-state index contributed by atoms with van der Waals surface area (Å²) in [6, 6.07) is 17.3. The van der Waals surface area contributed by atoms with Crippen molar-refractivity contribution in [3.63, 3.8) is 0 Å². The monoisotopic (exact) mass is 471 g/mol. The molecule has 0 saturated heterocycles. The van der Waals surface area contributed by atoms with E-state index >= 15 is 0 Å². The van der Waals surface area contributed by atoms with Crippen LogP contribution in [0.15, 0.2) is 76.4 Å². The van der Waals surface area contributed by atoms with Crippen molar-refractivity contribution < 1.29 is 9.59 Å². The molecule has 0 aliphatic heterocycles. The number of anilines is 1. The van der Waals surface area contributed by atoms with Crippen molar-refractivity contribution in [2.24, 2.45) is 14.1 Å². The first-order valence-electron chi connectivity index (χ1n) is 11.0. The molecule has 1 N–H and O–H groups in total. The molecule has 4 aromatic rings. The predicted molar refractivity (Wildman–Crippen MR) is 134 cm³/mol. The van der Waals surface area contributed by atoms with E-state index in [9.17, 15) is 19.2 Å². The van der Waals surface area contributed by atoms with Gasteiger partial charge in [0.15, 0.2) is 0 Å². The van der Waals surface area contributed by atoms with Crippen LogP contribution in [-0.2, 0) is 14.1 Å². The number of pyridine rings is 1. The molecule has 0 bridgehead atoms. The van der Waals surface area contributed by atoms with Gasteiger partial charge in [0.2, 0.25) is 0 Å². The van der Waals surface area contributed by atoms with Crippen LogP contribution >= 0.6 is 0 Å². The molecule has 1 atom stereocenters. The fourth-order valence-corrected chi connectivity index (χ4v) is 3.85. The first kappa shape index (κ1) is 23.6. The van der Waals surface area contributed by atoms with Gasteiger partial charge < -0.3 is 10.2 Å². The molecule has 9 heteroatoms. The van der Waals surface area contributed by atoms with Crippen LogP contribution in [0.4, 0.5) is 5.69 Å². The topological polar surface area (TPSA) is 106 Å². The summed E-state index contributed by atoms with van der Waals surface area (Å²) in [6.45, 7) is 1.87. The van der Waals surface area contributed by atoms with Gasteiger partial charge in [-0.15, -0.1) is 0 Å². The number of hydrogen-bond acceptors (Lipinski definition) is 5. The van der Waals surface area contributed by atoms with Gasteiger partial charge in [0, 0.05) is 38.6 Å². The van der Waals surface area contributed by atoms with Gasteiger partial charge in [-0.3, -0.25) is 23.5 Å². The number of benzene rings is 2. The van der Waals surface area contributed by atoms with E-state index in [2.05, 4.69) is 10.3 Å². The third-order valence-corrected chi connectivity index (χ3v) is 6.10. The Labute approximate surface area is 201 Å². The first-order chi connectivity index (χ1) is 16.7. The van der Waals surface area contributed by atoms with E-state index in [0.29, 0.717) is 11.3 Å². The third kappa shape index (κ3) is 4.48. The fourth-order valence-electron chi connectivity index (χ4n) is 3.85. The number of aryl methyl sites for hydroxylation is 1. The second kappa shape index (κ2) is 9.38. The van der Waals surface area contributed by atoms with E-state index in [1.165, 1.54) is 35.8 Å². The first-order valence-corrected chi connectivity index (χ1v) is 11.0. The van der Waals surface area contributed by atoms with Crippen molar-refractivity contribution in [1.82, 2.24) is 19.0 Å². The molecular formula is C26H25N5O4. The number of carbonyl (C=O) groups is 2. The summed E-state index contributed by atoms with van der Waals surface area (Å²) in [7, 11) is 4.57. The lowest BCUT2D eigenvalue weighted by molar-refractivity contribution is 0.0742. The predicted octanol–water partition coefficient (Wildman–Crippen LogP) is 2.72. The van der Waals surface area contributed by atoms with Gasteiger partial charge in [-0.1, -0.05) is 30.3 Å². The van der Waals surface area contributed by atoms with E-state index in [-0.39, 0.29) is 34.5 Å². The van der Waals surface area contributed by atoms with Crippen LogP contribution in [0.3, 0.4) is 0 Å². The molecule has 2 heterocycles. The minimum atomic E-state index is -0.511. The lowest BCUT2D eigenvalue weighted by atomic mass is 10.1. The average Bonchev–Trinajstić information content (AvgIpc) is 2.89. The van der Waals surface area contributed by atoms with Crippen LogP contribution in [0.25, 0.3) is 11.0 Å². The zero-order valence-electron chi connectivity index (χ0n) is 19.9. The largest absolute Gasteiger partial charge is 0.335 e. The van der Waals surface area contributed by atoms with Gasteiger partial charge in [-0.25, -0.2) is 9.78 Å². The van der Waals surface area contributed by atoms with Gasteiger partial charge in [0.1, 0.15) is 5.65 Å². The van der Waals surface area contributed by atoms with E-state index in [0.717, 1.165) is 10.1 Å². The second-order valence-electron chi connectivity index (χ2n) is 8.34. The Bertz CT molecular complexity index is 1560. The van der Waals surface area contributed by atoms with E-state index in [1.807, 2.05) is 31.2 Å². The molecular weight excluding hydrogens is 446 g/mol. The summed E-state index contributed by atoms with van der Waals surface area (Å²) in [5, 5.41) is 3.06. The maximum atomic E-state index is 13.2. The van der Waals surface area contributed by atoms with Crippen molar-refractivity contribution in [2.75, 3.05) is 12.4 Å². The van der Waals surface area contributed by atoms with Crippen molar-refractivity contribution >= 4 is 28.5 Å². The number of hydrogen-bond donors (Lipinski definition) is 1. The van der Waals surface area contributed by atoms with Gasteiger partial charge in [0.25, 0.3) is 17.4 Å². The van der Waals surface area contributed by atoms with Crippen LogP contribution in [0, 0.1) is 0 Å². The molecule has 2 amide bonds. The van der Waals surface area contributed by atoms with E-state index in [1.54, 1.807) is 37.4 Å². The standard InChI is InChI=1S/C26H25N5O4/c1-16(18-11-8-12-20(13-18)28-23(32)17-9-6-5-7-10-17)29(2)24(33)19-14-21-22(27-15-19)30(3)26(35)31(4)25(21)34/h5-16H,1-4H3,(H,28,32). The molecule has 0 radical (unpaired) electrons. The number of amides is 2. The molecule has 2 aromatic heterocycles. The maximum Gasteiger partial charge on any atom is 0.332 e. The molecule has 0 aliphatic carbocycles. The summed E-state index contributed by atoms with van der Waals surface area (Å²) in [5.41, 5.74) is 1.43. The Kier molecular flexibility index (Phi) is 6.33. The minimum Gasteiger partial charge on any atom is -0.335 e. The Morgan fingerprint density at radius 1 is 0.943 bits per heavy atom. The highest BCUT2D eigenvalue weighted by Crippen LogP contribution is 2.24. The Morgan fingerprint density at radius 2 is 1.66 bits per heavy atom. The molecule has 2 aromatic carbocycles. The third-order valence-electron chi connectivity index (χ3n) is 6.10. The van der Waals surface area contributed by atoms with Crippen LogP contribution in [0.5, 0.6) is 0 Å². The van der Waals surface area contributed by atoms with E-state index in [4.69, 9.17) is 0 Å². The molecule has 35 heavy (non-hydrogen) atoms. The van der Waals surface area contributed by atoms with Crippen molar-refractivity contribution in [2.45, 2.75) is 13.0 Å². The number of nitrogens with zero attached hydrogens (tertiary/aromatic N) is 4. The highest BCUT2D eigenvalue weighted by atomic mass is 16.2. The van der Waals surface area contributed by atoms with E-state index < -0.39 is 11.2 Å². The lowest BCUT2D eigenvalue weighted by Crippen LogP contribution is -2.37. The van der Waals surface area contributed by atoms with Crippen LogP contribution < -0.4 is 16.6 Å². The number of fused-ring (bicyclic) bond motifs is 1. The quantitative estimate of drug-likeness (QED) is 0.482. The summed E-state index contributed by atoms with van der Waals surface area (Å²) in [6.07, 6.45) is 1.36. The van der Waals surface area contributed by atoms with Gasteiger partial charge >= 0.3 is 5.69 Å². The number of rotatable bonds is 5. The second-order valence-corrected chi connectivity index (χ2v) is 8.34. The Morgan fingerprint density at radius 3 is 2.37 bits per heavy atom. The SMILES string of the molecule is CC(c1cccc(NC(=O)c2ccccc2)c1)N(C)C(=O)c1cnc2c(c1)c(=O)n(C)c(=O)n2C. The zero-order valence-corrected chi connectivity index (χ0v) is 19.9. The smallest absolute Gasteiger partial charge is 0.332 e. The summed E-state index contributed by atoms with van der Waals surface area (Å²) in [4.78, 5) is 56.2. The van der Waals surface area contributed by atoms with Gasteiger partial charge in [0.05, 0.1) is 17.0 Å². The highest BCUT2D eigenvalue weighted by molar-refractivity contribution is 6.04. The van der Waals surface area contributed by atoms with Crippen LogP contribution in [0.1, 0.15) is 39.2 Å². The molecule has 1 unspecified atom stereocenters. The normalized spacial score (nSPS) is 11.8. The van der Waals surface area contributed by atoms with Crippen molar-refractivity contribution in [1.29, 1.82) is 0 Å². The number of carbonyl (C=O) groups excluding carboxylic acids is 2. The minimum absolute atomic E-state index is 0.187. The Balaban J connectivity index is 1.58. The molecule has 0 fully saturated rings. The molecule has 0 saturated carbocycles. The fraction of sp³-hybridized carbons (Fsp3) is 0.192. The van der Waals surface area contributed by atoms with Gasteiger partial charge in [-0.2, -0.15) is 0 Å². The number of nitrogens with one attached hydrogen (secondary N) is 1. The summed E-state index contributed by atoms with van der Waals surface area (Å²) < 4.78 is 2.26. The molecule has 9 nitrogen and oxygen atoms in total. The molecule has 0 spiro atoms. The highest BCUT2D eigenvalue weighted by Gasteiger charge is 2.21. The molecule has 0 aliphatic rings.